The van der Waals surface area contributed by atoms with Crippen LogP contribution in [0.2, 0.25) is 0 Å². The first-order valence-electron chi connectivity index (χ1n) is 6.73. The molecule has 0 aromatic heterocycles. The first-order valence-corrected chi connectivity index (χ1v) is 6.73. The Bertz CT molecular complexity index is 378. The van der Waals surface area contributed by atoms with E-state index in [2.05, 4.69) is 20.8 Å². The number of ether oxygens (including phenoxy) is 2. The third-order valence-electron chi connectivity index (χ3n) is 2.52. The van der Waals surface area contributed by atoms with Crippen molar-refractivity contribution in [1.82, 2.24) is 0 Å². The van der Waals surface area contributed by atoms with Crippen LogP contribution in [-0.4, -0.2) is 19.0 Å². The normalized spacial score (nSPS) is 9.63. The molecule has 0 aliphatic carbocycles. The highest BCUT2D eigenvalue weighted by Gasteiger charge is 2.09. The van der Waals surface area contributed by atoms with Gasteiger partial charge in [-0.3, -0.25) is 0 Å². The number of carbonyl (C=O) groups is 1. The van der Waals surface area contributed by atoms with Gasteiger partial charge >= 0.3 is 0 Å². The number of hydrogen-bond acceptors (Lipinski definition) is 3. The van der Waals surface area contributed by atoms with Crippen LogP contribution in [0.25, 0.3) is 0 Å². The molecule has 0 bridgehead atoms. The van der Waals surface area contributed by atoms with Crippen molar-refractivity contribution in [3.05, 3.63) is 23.8 Å². The number of ketones is 1. The molecule has 0 spiro atoms. The highest BCUT2D eigenvalue weighted by atomic mass is 16.5. The molecule has 0 saturated carbocycles. The summed E-state index contributed by atoms with van der Waals surface area (Å²) in [5.41, 5.74) is 1.19. The molecular formula is C16H26O3. The van der Waals surface area contributed by atoms with Crippen LogP contribution in [0.1, 0.15) is 46.1 Å². The molecule has 3 nitrogen and oxygen atoms in total. The largest absolute Gasteiger partial charge is 0.493 e. The number of Topliss-reactive ketones (excluding diaryl/α,β-unsaturated/α-hetero) is 1. The number of rotatable bonds is 5. The van der Waals surface area contributed by atoms with Crippen molar-refractivity contribution in [2.75, 3.05) is 7.11 Å². The molecule has 0 atom stereocenters. The van der Waals surface area contributed by atoms with Crippen LogP contribution in [0.4, 0.5) is 0 Å². The molecule has 19 heavy (non-hydrogen) atoms. The second-order valence-electron chi connectivity index (χ2n) is 4.62. The molecule has 0 saturated heterocycles. The molecule has 1 aromatic carbocycles. The van der Waals surface area contributed by atoms with Crippen LogP contribution < -0.4 is 9.47 Å². The third kappa shape index (κ3) is 7.50. The SMILES string of the molecule is CC(C)=O.CCC(CC)Oc1cc(C)ccc1OC. The Morgan fingerprint density at radius 2 is 1.68 bits per heavy atom. The van der Waals surface area contributed by atoms with Crippen LogP contribution in [0, 0.1) is 6.92 Å². The number of methoxy groups -OCH3 is 1. The molecule has 0 unspecified atom stereocenters. The number of aryl methyl sites for hydroxylation is 1. The summed E-state index contributed by atoms with van der Waals surface area (Å²) in [7, 11) is 1.67. The zero-order valence-electron chi connectivity index (χ0n) is 12.9. The molecule has 0 fully saturated rings. The number of carbonyl (C=O) groups excluding carboxylic acids is 1. The molecule has 0 aliphatic rings. The highest BCUT2D eigenvalue weighted by Crippen LogP contribution is 2.29. The minimum Gasteiger partial charge on any atom is -0.493 e. The van der Waals surface area contributed by atoms with E-state index in [-0.39, 0.29) is 11.9 Å². The standard InChI is InChI=1S/C13H20O2.C3H6O/c1-5-11(6-2)15-13-9-10(3)7-8-12(13)14-4;1-3(2)4/h7-9,11H,5-6H2,1-4H3;1-2H3. The van der Waals surface area contributed by atoms with E-state index < -0.39 is 0 Å². The van der Waals surface area contributed by atoms with Crippen molar-refractivity contribution in [3.63, 3.8) is 0 Å². The minimum absolute atomic E-state index is 0.167. The lowest BCUT2D eigenvalue weighted by molar-refractivity contribution is -0.114. The maximum absolute atomic E-state index is 9.44. The van der Waals surface area contributed by atoms with Crippen molar-refractivity contribution in [2.24, 2.45) is 0 Å². The average molecular weight is 266 g/mol. The molecule has 1 aromatic rings. The quantitative estimate of drug-likeness (QED) is 0.802. The molecule has 3 heteroatoms. The third-order valence-corrected chi connectivity index (χ3v) is 2.52. The summed E-state index contributed by atoms with van der Waals surface area (Å²) in [5.74, 6) is 1.83. The Hall–Kier alpha value is -1.51. The summed E-state index contributed by atoms with van der Waals surface area (Å²) < 4.78 is 11.2. The van der Waals surface area contributed by atoms with Crippen LogP contribution in [-0.2, 0) is 4.79 Å². The monoisotopic (exact) mass is 266 g/mol. The van der Waals surface area contributed by atoms with Gasteiger partial charge in [-0.15, -0.1) is 0 Å². The van der Waals surface area contributed by atoms with E-state index in [9.17, 15) is 4.79 Å². The van der Waals surface area contributed by atoms with Crippen molar-refractivity contribution in [3.8, 4) is 11.5 Å². The van der Waals surface area contributed by atoms with Gasteiger partial charge in [-0.25, -0.2) is 0 Å². The molecule has 1 rings (SSSR count). The lowest BCUT2D eigenvalue weighted by atomic mass is 10.2. The summed E-state index contributed by atoms with van der Waals surface area (Å²) >= 11 is 0. The maximum atomic E-state index is 9.44. The van der Waals surface area contributed by atoms with Crippen LogP contribution >= 0.6 is 0 Å². The van der Waals surface area contributed by atoms with E-state index in [4.69, 9.17) is 9.47 Å². The molecule has 108 valence electrons. The summed E-state index contributed by atoms with van der Waals surface area (Å²) in [4.78, 5) is 9.44. The Morgan fingerprint density at radius 3 is 2.11 bits per heavy atom. The minimum atomic E-state index is 0.167. The van der Waals surface area contributed by atoms with E-state index in [0.717, 1.165) is 24.3 Å². The smallest absolute Gasteiger partial charge is 0.161 e. The van der Waals surface area contributed by atoms with Crippen molar-refractivity contribution < 1.29 is 14.3 Å². The van der Waals surface area contributed by atoms with Crippen LogP contribution in [0.3, 0.4) is 0 Å². The summed E-state index contributed by atoms with van der Waals surface area (Å²) in [6, 6.07) is 6.00. The van der Waals surface area contributed by atoms with Gasteiger partial charge in [0.1, 0.15) is 5.78 Å². The topological polar surface area (TPSA) is 35.5 Å². The van der Waals surface area contributed by atoms with Crippen LogP contribution in [0.5, 0.6) is 11.5 Å². The lowest BCUT2D eigenvalue weighted by Gasteiger charge is -2.18. The number of benzene rings is 1. The van der Waals surface area contributed by atoms with Gasteiger partial charge in [0.05, 0.1) is 13.2 Å². The van der Waals surface area contributed by atoms with Crippen LogP contribution in [0.15, 0.2) is 18.2 Å². The van der Waals surface area contributed by atoms with E-state index >= 15 is 0 Å². The molecule has 0 heterocycles. The molecule has 0 aliphatic heterocycles. The molecule has 0 radical (unpaired) electrons. The van der Waals surface area contributed by atoms with E-state index in [1.165, 1.54) is 19.4 Å². The first-order chi connectivity index (χ1) is 8.94. The van der Waals surface area contributed by atoms with E-state index in [0.29, 0.717) is 0 Å². The Balaban J connectivity index is 0.000000711. The maximum Gasteiger partial charge on any atom is 0.161 e. The summed E-state index contributed by atoms with van der Waals surface area (Å²) in [5, 5.41) is 0. The van der Waals surface area contributed by atoms with Gasteiger partial charge in [-0.05, 0) is 51.3 Å². The van der Waals surface area contributed by atoms with Gasteiger partial charge < -0.3 is 14.3 Å². The molecular weight excluding hydrogens is 240 g/mol. The Kier molecular flexibility index (Phi) is 8.68. The number of hydrogen-bond donors (Lipinski definition) is 0. The molecule has 0 amide bonds. The van der Waals surface area contributed by atoms with Gasteiger partial charge in [0.25, 0.3) is 0 Å². The van der Waals surface area contributed by atoms with Gasteiger partial charge in [-0.2, -0.15) is 0 Å². The summed E-state index contributed by atoms with van der Waals surface area (Å²) in [6.45, 7) is 9.38. The van der Waals surface area contributed by atoms with Gasteiger partial charge in [0, 0.05) is 0 Å². The van der Waals surface area contributed by atoms with E-state index in [1.54, 1.807) is 7.11 Å². The average Bonchev–Trinajstić information content (AvgIpc) is 2.35. The Morgan fingerprint density at radius 1 is 1.16 bits per heavy atom. The first kappa shape index (κ1) is 17.5. The van der Waals surface area contributed by atoms with Crippen molar-refractivity contribution in [2.45, 2.75) is 53.6 Å². The lowest BCUT2D eigenvalue weighted by Crippen LogP contribution is -2.14. The highest BCUT2D eigenvalue weighted by molar-refractivity contribution is 5.72. The van der Waals surface area contributed by atoms with Crippen molar-refractivity contribution in [1.29, 1.82) is 0 Å². The predicted molar refractivity (Wildman–Crippen MR) is 79.1 cm³/mol. The zero-order chi connectivity index (χ0) is 14.8. The summed E-state index contributed by atoms with van der Waals surface area (Å²) in [6.07, 6.45) is 2.32. The Labute approximate surface area is 116 Å². The van der Waals surface area contributed by atoms with Gasteiger partial charge in [0.2, 0.25) is 0 Å². The fraction of sp³-hybridized carbons (Fsp3) is 0.562. The van der Waals surface area contributed by atoms with Crippen molar-refractivity contribution >= 4 is 5.78 Å². The van der Waals surface area contributed by atoms with Gasteiger partial charge in [0.15, 0.2) is 11.5 Å². The molecule has 0 N–H and O–H groups in total. The van der Waals surface area contributed by atoms with E-state index in [1.807, 2.05) is 18.2 Å². The zero-order valence-corrected chi connectivity index (χ0v) is 12.9. The predicted octanol–water partition coefficient (Wildman–Crippen LogP) is 4.17. The fourth-order valence-electron chi connectivity index (χ4n) is 1.51. The fourth-order valence-corrected chi connectivity index (χ4v) is 1.51. The second-order valence-corrected chi connectivity index (χ2v) is 4.62. The van der Waals surface area contributed by atoms with Gasteiger partial charge in [-0.1, -0.05) is 19.9 Å². The second kappa shape index (κ2) is 9.42.